The van der Waals surface area contributed by atoms with E-state index in [0.29, 0.717) is 6.42 Å². The molecule has 0 aromatic heterocycles. The number of carbonyl (C=O) groups excluding carboxylic acids is 1. The van der Waals surface area contributed by atoms with E-state index in [-0.39, 0.29) is 5.92 Å². The van der Waals surface area contributed by atoms with Gasteiger partial charge in [-0.25, -0.2) is 4.79 Å². The minimum absolute atomic E-state index is 0.358. The Morgan fingerprint density at radius 3 is 2.47 bits per heavy atom. The molecule has 0 aliphatic heterocycles. The van der Waals surface area contributed by atoms with Gasteiger partial charge in [-0.05, 0) is 24.1 Å². The van der Waals surface area contributed by atoms with Crippen LogP contribution in [-0.4, -0.2) is 18.3 Å². The van der Waals surface area contributed by atoms with Crippen molar-refractivity contribution in [1.29, 1.82) is 0 Å². The zero-order chi connectivity index (χ0) is 11.3. The molecule has 4 heteroatoms. The van der Waals surface area contributed by atoms with Crippen molar-refractivity contribution in [3.63, 3.8) is 0 Å². The summed E-state index contributed by atoms with van der Waals surface area (Å²) >= 11 is 0. The van der Waals surface area contributed by atoms with Gasteiger partial charge in [0.15, 0.2) is 0 Å². The van der Waals surface area contributed by atoms with Gasteiger partial charge in [-0.3, -0.25) is 0 Å². The first kappa shape index (κ1) is 11.5. The lowest BCUT2D eigenvalue weighted by atomic mass is 10.0. The van der Waals surface area contributed by atoms with Gasteiger partial charge in [0.2, 0.25) is 0 Å². The van der Waals surface area contributed by atoms with Crippen LogP contribution in [-0.2, 0) is 16.1 Å². The normalized spacial score (nSPS) is 11.9. The van der Waals surface area contributed by atoms with Crippen LogP contribution in [0.25, 0.3) is 0 Å². The number of ether oxygens (including phenoxy) is 1. The smallest absolute Gasteiger partial charge is 0.345 e. The largest absolute Gasteiger partial charge is 0.497 e. The molecule has 1 aromatic rings. The second-order valence-corrected chi connectivity index (χ2v) is 3.36. The summed E-state index contributed by atoms with van der Waals surface area (Å²) in [6.45, 7) is 1.70. The summed E-state index contributed by atoms with van der Waals surface area (Å²) in [5.74, 6) is -0.203. The summed E-state index contributed by atoms with van der Waals surface area (Å²) in [7, 11) is 1.60. The van der Waals surface area contributed by atoms with Gasteiger partial charge >= 0.3 is 5.97 Å². The van der Waals surface area contributed by atoms with Crippen molar-refractivity contribution < 1.29 is 19.7 Å². The lowest BCUT2D eigenvalue weighted by Crippen LogP contribution is -2.15. The fraction of sp³-hybridized carbons (Fsp3) is 0.364. The molecule has 1 N–H and O–H groups in total. The topological polar surface area (TPSA) is 55.8 Å². The van der Waals surface area contributed by atoms with Crippen molar-refractivity contribution >= 4 is 5.97 Å². The van der Waals surface area contributed by atoms with Gasteiger partial charge < -0.3 is 9.62 Å². The minimum atomic E-state index is -0.620. The fourth-order valence-corrected chi connectivity index (χ4v) is 1.29. The summed E-state index contributed by atoms with van der Waals surface area (Å²) in [5.41, 5.74) is 0.994. The Hall–Kier alpha value is -1.55. The van der Waals surface area contributed by atoms with E-state index in [1.54, 1.807) is 14.0 Å². The molecule has 15 heavy (non-hydrogen) atoms. The molecule has 1 atom stereocenters. The van der Waals surface area contributed by atoms with Crippen LogP contribution in [0, 0.1) is 5.92 Å². The van der Waals surface area contributed by atoms with Crippen molar-refractivity contribution in [3.8, 4) is 5.75 Å². The zero-order valence-corrected chi connectivity index (χ0v) is 8.77. The monoisotopic (exact) mass is 210 g/mol. The fourth-order valence-electron chi connectivity index (χ4n) is 1.29. The summed E-state index contributed by atoms with van der Waals surface area (Å²) < 4.78 is 5.01. The Labute approximate surface area is 88.4 Å². The first-order valence-electron chi connectivity index (χ1n) is 4.65. The SMILES string of the molecule is COc1ccc(CC(C)C(=O)OO)cc1. The van der Waals surface area contributed by atoms with Crippen LogP contribution in [0.1, 0.15) is 12.5 Å². The average Bonchev–Trinajstić information content (AvgIpc) is 2.29. The predicted octanol–water partition coefficient (Wildman–Crippen LogP) is 1.89. The van der Waals surface area contributed by atoms with Gasteiger partial charge in [0.05, 0.1) is 13.0 Å². The maximum Gasteiger partial charge on any atom is 0.345 e. The molecule has 1 unspecified atom stereocenters. The molecule has 0 aliphatic carbocycles. The Morgan fingerprint density at radius 2 is 2.00 bits per heavy atom. The number of benzene rings is 1. The van der Waals surface area contributed by atoms with Crippen molar-refractivity contribution in [2.45, 2.75) is 13.3 Å². The molecule has 0 bridgehead atoms. The van der Waals surface area contributed by atoms with Crippen LogP contribution in [0.3, 0.4) is 0 Å². The van der Waals surface area contributed by atoms with Crippen LogP contribution in [0.4, 0.5) is 0 Å². The highest BCUT2D eigenvalue weighted by molar-refractivity contribution is 5.71. The molecule has 1 rings (SSSR count). The van der Waals surface area contributed by atoms with E-state index in [2.05, 4.69) is 4.89 Å². The Balaban J connectivity index is 2.60. The third-order valence-corrected chi connectivity index (χ3v) is 2.19. The van der Waals surface area contributed by atoms with Crippen molar-refractivity contribution in [2.24, 2.45) is 5.92 Å². The van der Waals surface area contributed by atoms with Gasteiger partial charge in [-0.2, -0.15) is 5.26 Å². The molecule has 0 spiro atoms. The van der Waals surface area contributed by atoms with Crippen molar-refractivity contribution in [2.75, 3.05) is 7.11 Å². The standard InChI is InChI=1S/C11H14O4/c1-8(11(12)15-13)7-9-3-5-10(14-2)6-4-9/h3-6,8,13H,7H2,1-2H3. The zero-order valence-electron chi connectivity index (χ0n) is 8.77. The Bertz CT molecular complexity index is 318. The summed E-state index contributed by atoms with van der Waals surface area (Å²) in [5, 5.41) is 8.20. The van der Waals surface area contributed by atoms with Gasteiger partial charge in [0.1, 0.15) is 5.75 Å². The van der Waals surface area contributed by atoms with Crippen molar-refractivity contribution in [1.82, 2.24) is 0 Å². The van der Waals surface area contributed by atoms with Crippen LogP contribution < -0.4 is 4.74 Å². The molecule has 82 valence electrons. The first-order chi connectivity index (χ1) is 7.17. The molecule has 1 aromatic carbocycles. The summed E-state index contributed by atoms with van der Waals surface area (Å²) in [4.78, 5) is 14.6. The van der Waals surface area contributed by atoms with E-state index in [1.807, 2.05) is 24.3 Å². The van der Waals surface area contributed by atoms with Gasteiger partial charge in [0.25, 0.3) is 0 Å². The average molecular weight is 210 g/mol. The molecular weight excluding hydrogens is 196 g/mol. The number of hydrogen-bond donors (Lipinski definition) is 1. The highest BCUT2D eigenvalue weighted by Gasteiger charge is 2.14. The molecule has 0 fully saturated rings. The molecule has 0 heterocycles. The van der Waals surface area contributed by atoms with Crippen molar-refractivity contribution in [3.05, 3.63) is 29.8 Å². The number of methoxy groups -OCH3 is 1. The maximum absolute atomic E-state index is 10.9. The van der Waals surface area contributed by atoms with Gasteiger partial charge in [0, 0.05) is 0 Å². The third kappa shape index (κ3) is 3.25. The lowest BCUT2D eigenvalue weighted by molar-refractivity contribution is -0.238. The highest BCUT2D eigenvalue weighted by Crippen LogP contribution is 2.15. The van der Waals surface area contributed by atoms with Gasteiger partial charge in [-0.1, -0.05) is 19.1 Å². The Kier molecular flexibility index (Phi) is 4.12. The molecule has 0 saturated heterocycles. The maximum atomic E-state index is 10.9. The second-order valence-electron chi connectivity index (χ2n) is 3.36. The molecule has 0 aliphatic rings. The number of rotatable bonds is 4. The van der Waals surface area contributed by atoms with Crippen LogP contribution in [0.2, 0.25) is 0 Å². The van der Waals surface area contributed by atoms with E-state index in [1.165, 1.54) is 0 Å². The summed E-state index contributed by atoms with van der Waals surface area (Å²) in [6, 6.07) is 7.40. The van der Waals surface area contributed by atoms with Crippen LogP contribution >= 0.6 is 0 Å². The lowest BCUT2D eigenvalue weighted by Gasteiger charge is -2.07. The van der Waals surface area contributed by atoms with E-state index in [4.69, 9.17) is 9.99 Å². The number of carbonyl (C=O) groups is 1. The number of hydrogen-bond acceptors (Lipinski definition) is 4. The summed E-state index contributed by atoms with van der Waals surface area (Å²) in [6.07, 6.45) is 0.531. The van der Waals surface area contributed by atoms with Crippen LogP contribution in [0.5, 0.6) is 5.75 Å². The van der Waals surface area contributed by atoms with E-state index in [9.17, 15) is 4.79 Å². The quantitative estimate of drug-likeness (QED) is 0.609. The Morgan fingerprint density at radius 1 is 1.40 bits per heavy atom. The van der Waals surface area contributed by atoms with E-state index >= 15 is 0 Å². The van der Waals surface area contributed by atoms with E-state index in [0.717, 1.165) is 11.3 Å². The highest BCUT2D eigenvalue weighted by atomic mass is 17.1. The first-order valence-corrected chi connectivity index (χ1v) is 4.65. The van der Waals surface area contributed by atoms with Gasteiger partial charge in [-0.15, -0.1) is 0 Å². The molecule has 0 amide bonds. The molecule has 0 radical (unpaired) electrons. The third-order valence-electron chi connectivity index (χ3n) is 2.19. The molecule has 4 nitrogen and oxygen atoms in total. The second kappa shape index (κ2) is 5.36. The minimum Gasteiger partial charge on any atom is -0.497 e. The molecular formula is C11H14O4. The van der Waals surface area contributed by atoms with E-state index < -0.39 is 5.97 Å². The van der Waals surface area contributed by atoms with Crippen LogP contribution in [0.15, 0.2) is 24.3 Å². The molecule has 0 saturated carbocycles. The predicted molar refractivity (Wildman–Crippen MR) is 54.6 cm³/mol.